The van der Waals surface area contributed by atoms with Crippen molar-refractivity contribution in [2.24, 2.45) is 0 Å². The maximum atomic E-state index is 8.65. The van der Waals surface area contributed by atoms with Crippen molar-refractivity contribution in [3.05, 3.63) is 0 Å². The average molecular weight is 260 g/mol. The summed E-state index contributed by atoms with van der Waals surface area (Å²) in [5.74, 6) is 0. The quantitative estimate of drug-likeness (QED) is 0.515. The van der Waals surface area contributed by atoms with Gasteiger partial charge in [-0.1, -0.05) is 46.0 Å². The van der Waals surface area contributed by atoms with Gasteiger partial charge >= 0.3 is 0 Å². The van der Waals surface area contributed by atoms with Gasteiger partial charge in [-0.2, -0.15) is 0 Å². The lowest BCUT2D eigenvalue weighted by atomic mass is 10.1. The summed E-state index contributed by atoms with van der Waals surface area (Å²) >= 11 is 0. The van der Waals surface area contributed by atoms with Gasteiger partial charge in [0, 0.05) is 0 Å². The molecule has 0 rings (SSSR count). The maximum absolute atomic E-state index is 8.65. The third-order valence-corrected chi connectivity index (χ3v) is 3.02. The van der Waals surface area contributed by atoms with Crippen molar-refractivity contribution in [1.29, 1.82) is 0 Å². The SMILES string of the molecule is CCCCCC(CCCC)OC(C)COCCO. The highest BCUT2D eigenvalue weighted by molar-refractivity contribution is 4.62. The smallest absolute Gasteiger partial charge is 0.0784 e. The van der Waals surface area contributed by atoms with E-state index in [1.807, 2.05) is 0 Å². The molecule has 1 N–H and O–H groups in total. The van der Waals surface area contributed by atoms with Gasteiger partial charge in [0.15, 0.2) is 0 Å². The Morgan fingerprint density at radius 3 is 2.28 bits per heavy atom. The fraction of sp³-hybridized carbons (Fsp3) is 1.00. The summed E-state index contributed by atoms with van der Waals surface area (Å²) in [4.78, 5) is 0. The zero-order valence-electron chi connectivity index (χ0n) is 12.5. The molecule has 3 nitrogen and oxygen atoms in total. The molecule has 0 spiro atoms. The molecule has 0 bridgehead atoms. The van der Waals surface area contributed by atoms with Gasteiger partial charge in [-0.05, 0) is 19.8 Å². The molecule has 3 heteroatoms. The lowest BCUT2D eigenvalue weighted by Crippen LogP contribution is -2.24. The van der Waals surface area contributed by atoms with Crippen LogP contribution in [-0.4, -0.2) is 37.1 Å². The number of ether oxygens (including phenoxy) is 2. The van der Waals surface area contributed by atoms with Gasteiger partial charge in [0.1, 0.15) is 0 Å². The second-order valence-electron chi connectivity index (χ2n) is 5.01. The highest BCUT2D eigenvalue weighted by atomic mass is 16.5. The molecule has 0 aliphatic carbocycles. The van der Waals surface area contributed by atoms with Crippen LogP contribution < -0.4 is 0 Å². The highest BCUT2D eigenvalue weighted by Crippen LogP contribution is 2.15. The van der Waals surface area contributed by atoms with Crippen LogP contribution in [-0.2, 0) is 9.47 Å². The number of aliphatic hydroxyl groups excluding tert-OH is 1. The topological polar surface area (TPSA) is 38.7 Å². The number of rotatable bonds is 13. The van der Waals surface area contributed by atoms with Crippen molar-refractivity contribution in [2.45, 2.75) is 77.9 Å². The van der Waals surface area contributed by atoms with Gasteiger partial charge in [-0.3, -0.25) is 0 Å². The summed E-state index contributed by atoms with van der Waals surface area (Å²) in [6, 6.07) is 0. The van der Waals surface area contributed by atoms with Gasteiger partial charge in [-0.15, -0.1) is 0 Å². The van der Waals surface area contributed by atoms with Crippen molar-refractivity contribution in [3.63, 3.8) is 0 Å². The second kappa shape index (κ2) is 13.3. The first-order valence-electron chi connectivity index (χ1n) is 7.58. The molecule has 0 aromatic heterocycles. The largest absolute Gasteiger partial charge is 0.394 e. The molecule has 18 heavy (non-hydrogen) atoms. The van der Waals surface area contributed by atoms with Crippen molar-refractivity contribution in [3.8, 4) is 0 Å². The van der Waals surface area contributed by atoms with Crippen LogP contribution in [0.3, 0.4) is 0 Å². The minimum atomic E-state index is 0.0858. The Bertz CT molecular complexity index is 162. The first-order chi connectivity index (χ1) is 8.74. The van der Waals surface area contributed by atoms with E-state index in [4.69, 9.17) is 14.6 Å². The second-order valence-corrected chi connectivity index (χ2v) is 5.01. The summed E-state index contributed by atoms with van der Waals surface area (Å²) in [6.07, 6.45) is 9.10. The predicted octanol–water partition coefficient (Wildman–Crippen LogP) is 3.54. The molecule has 0 aromatic rings. The molecule has 2 unspecified atom stereocenters. The normalized spacial score (nSPS) is 14.7. The van der Waals surface area contributed by atoms with Gasteiger partial charge < -0.3 is 14.6 Å². The third-order valence-electron chi connectivity index (χ3n) is 3.02. The molecule has 0 aliphatic rings. The molecule has 110 valence electrons. The Morgan fingerprint density at radius 2 is 1.67 bits per heavy atom. The lowest BCUT2D eigenvalue weighted by Gasteiger charge is -2.22. The van der Waals surface area contributed by atoms with Crippen LogP contribution in [0.25, 0.3) is 0 Å². The molecule has 0 radical (unpaired) electrons. The Morgan fingerprint density at radius 1 is 1.00 bits per heavy atom. The minimum absolute atomic E-state index is 0.0858. The fourth-order valence-corrected chi connectivity index (χ4v) is 2.02. The standard InChI is InChI=1S/C15H32O3/c1-4-6-8-10-15(9-7-5-2)18-14(3)13-17-12-11-16/h14-16H,4-13H2,1-3H3. The summed E-state index contributed by atoms with van der Waals surface area (Å²) in [7, 11) is 0. The predicted molar refractivity (Wildman–Crippen MR) is 75.9 cm³/mol. The van der Waals surface area contributed by atoms with Crippen LogP contribution >= 0.6 is 0 Å². The molecule has 2 atom stereocenters. The van der Waals surface area contributed by atoms with E-state index in [2.05, 4.69) is 20.8 Å². The Hall–Kier alpha value is -0.120. The maximum Gasteiger partial charge on any atom is 0.0784 e. The molecule has 0 heterocycles. The van der Waals surface area contributed by atoms with E-state index < -0.39 is 0 Å². The van der Waals surface area contributed by atoms with Crippen molar-refractivity contribution in [2.75, 3.05) is 19.8 Å². The summed E-state index contributed by atoms with van der Waals surface area (Å²) in [6.45, 7) is 7.57. The van der Waals surface area contributed by atoms with E-state index in [-0.39, 0.29) is 12.7 Å². The zero-order chi connectivity index (χ0) is 13.6. The van der Waals surface area contributed by atoms with Crippen LogP contribution in [0.1, 0.15) is 65.7 Å². The summed E-state index contributed by atoms with van der Waals surface area (Å²) in [5, 5.41) is 8.65. The number of unbranched alkanes of at least 4 members (excludes halogenated alkanes) is 3. The van der Waals surface area contributed by atoms with Crippen LogP contribution in [0.5, 0.6) is 0 Å². The van der Waals surface area contributed by atoms with Gasteiger partial charge in [0.2, 0.25) is 0 Å². The molecule has 0 aliphatic heterocycles. The van der Waals surface area contributed by atoms with Crippen LogP contribution in [0.4, 0.5) is 0 Å². The van der Waals surface area contributed by atoms with Gasteiger partial charge in [-0.25, -0.2) is 0 Å². The van der Waals surface area contributed by atoms with Crippen molar-refractivity contribution < 1.29 is 14.6 Å². The van der Waals surface area contributed by atoms with Crippen LogP contribution in [0.15, 0.2) is 0 Å². The van der Waals surface area contributed by atoms with E-state index in [9.17, 15) is 0 Å². The number of hydrogen-bond donors (Lipinski definition) is 1. The van der Waals surface area contributed by atoms with E-state index in [0.717, 1.165) is 12.8 Å². The third kappa shape index (κ3) is 11.0. The average Bonchev–Trinajstić information content (AvgIpc) is 2.36. The summed E-state index contributed by atoms with van der Waals surface area (Å²) in [5.41, 5.74) is 0. The number of aliphatic hydroxyl groups is 1. The first kappa shape index (κ1) is 17.9. The summed E-state index contributed by atoms with van der Waals surface area (Å²) < 4.78 is 11.3. The van der Waals surface area contributed by atoms with Crippen molar-refractivity contribution in [1.82, 2.24) is 0 Å². The Labute approximate surface area is 113 Å². The van der Waals surface area contributed by atoms with Gasteiger partial charge in [0.25, 0.3) is 0 Å². The van der Waals surface area contributed by atoms with E-state index in [0.29, 0.717) is 19.3 Å². The van der Waals surface area contributed by atoms with Crippen LogP contribution in [0.2, 0.25) is 0 Å². The van der Waals surface area contributed by atoms with E-state index in [1.54, 1.807) is 0 Å². The van der Waals surface area contributed by atoms with Gasteiger partial charge in [0.05, 0.1) is 32.0 Å². The van der Waals surface area contributed by atoms with E-state index in [1.165, 1.54) is 32.1 Å². The monoisotopic (exact) mass is 260 g/mol. The molecule has 0 amide bonds. The molecule has 0 fully saturated rings. The Kier molecular flexibility index (Phi) is 13.2. The molecule has 0 aromatic carbocycles. The van der Waals surface area contributed by atoms with Crippen LogP contribution in [0, 0.1) is 0 Å². The lowest BCUT2D eigenvalue weighted by molar-refractivity contribution is -0.0586. The molecular formula is C15H32O3. The van der Waals surface area contributed by atoms with Crippen molar-refractivity contribution >= 4 is 0 Å². The fourth-order valence-electron chi connectivity index (χ4n) is 2.02. The zero-order valence-corrected chi connectivity index (χ0v) is 12.5. The molecule has 0 saturated carbocycles. The van der Waals surface area contributed by atoms with E-state index >= 15 is 0 Å². The Balaban J connectivity index is 3.80. The molecular weight excluding hydrogens is 228 g/mol. The molecule has 0 saturated heterocycles. The highest BCUT2D eigenvalue weighted by Gasteiger charge is 2.13. The number of hydrogen-bond acceptors (Lipinski definition) is 3. The first-order valence-corrected chi connectivity index (χ1v) is 7.58. The minimum Gasteiger partial charge on any atom is -0.394 e.